The van der Waals surface area contributed by atoms with Crippen LogP contribution in [-0.2, 0) is 9.59 Å². The minimum absolute atomic E-state index is 0.0644. The van der Waals surface area contributed by atoms with E-state index in [1.165, 1.54) is 11.8 Å². The number of hydrogen-bond acceptors (Lipinski definition) is 4. The predicted molar refractivity (Wildman–Crippen MR) is 60.0 cm³/mol. The third-order valence-electron chi connectivity index (χ3n) is 1.53. The van der Waals surface area contributed by atoms with Gasteiger partial charge in [-0.15, -0.1) is 11.6 Å². The van der Waals surface area contributed by atoms with Crippen LogP contribution in [0.4, 0.5) is 0 Å². The number of Topliss-reactive ketones (excluding diaryl/α,β-unsaturated/α-hetero) is 1. The molecule has 0 spiro atoms. The van der Waals surface area contributed by atoms with Crippen LogP contribution in [0.25, 0.3) is 0 Å². The van der Waals surface area contributed by atoms with E-state index in [1.807, 2.05) is 6.26 Å². The number of carbonyl (C=O) groups excluding carboxylic acids is 2. The standard InChI is InChI=1S/C8H15ClN2O2S/c1-10-4-8(13)11-6(5-14-2)7(12)3-9/h6,10H,3-5H2,1-2H3,(H,11,13). The molecule has 1 unspecified atom stereocenters. The number of nitrogens with one attached hydrogen (secondary N) is 2. The molecule has 0 radical (unpaired) electrons. The highest BCUT2D eigenvalue weighted by atomic mass is 35.5. The van der Waals surface area contributed by atoms with E-state index >= 15 is 0 Å². The molecule has 0 heterocycles. The molecule has 2 N–H and O–H groups in total. The molecule has 0 saturated carbocycles. The van der Waals surface area contributed by atoms with Gasteiger partial charge in [-0.1, -0.05) is 0 Å². The Kier molecular flexibility index (Phi) is 7.93. The lowest BCUT2D eigenvalue weighted by molar-refractivity contribution is -0.125. The number of rotatable bonds is 7. The SMILES string of the molecule is CNCC(=O)NC(CSC)C(=O)CCl. The Balaban J connectivity index is 4.08. The molecule has 0 aliphatic heterocycles. The first-order valence-corrected chi connectivity index (χ1v) is 6.10. The lowest BCUT2D eigenvalue weighted by atomic mass is 10.2. The molecule has 6 heteroatoms. The van der Waals surface area contributed by atoms with E-state index in [-0.39, 0.29) is 24.1 Å². The van der Waals surface area contributed by atoms with Crippen molar-refractivity contribution in [3.05, 3.63) is 0 Å². The van der Waals surface area contributed by atoms with Crippen LogP contribution in [0.1, 0.15) is 0 Å². The first-order valence-electron chi connectivity index (χ1n) is 4.17. The van der Waals surface area contributed by atoms with Gasteiger partial charge in [0.05, 0.1) is 18.5 Å². The summed E-state index contributed by atoms with van der Waals surface area (Å²) < 4.78 is 0. The molecule has 0 aromatic heterocycles. The minimum Gasteiger partial charge on any atom is -0.344 e. The van der Waals surface area contributed by atoms with E-state index in [1.54, 1.807) is 7.05 Å². The molecule has 14 heavy (non-hydrogen) atoms. The Morgan fingerprint density at radius 3 is 2.57 bits per heavy atom. The Hall–Kier alpha value is -0.260. The monoisotopic (exact) mass is 238 g/mol. The lowest BCUT2D eigenvalue weighted by Gasteiger charge is -2.15. The van der Waals surface area contributed by atoms with E-state index in [0.717, 1.165) is 0 Å². The number of hydrogen-bond donors (Lipinski definition) is 2. The highest BCUT2D eigenvalue weighted by molar-refractivity contribution is 7.98. The molecule has 1 amide bonds. The average molecular weight is 239 g/mol. The number of halogens is 1. The van der Waals surface area contributed by atoms with Crippen LogP contribution in [0, 0.1) is 0 Å². The second-order valence-corrected chi connectivity index (χ2v) is 3.88. The van der Waals surface area contributed by atoms with Crippen molar-refractivity contribution in [3.8, 4) is 0 Å². The van der Waals surface area contributed by atoms with Gasteiger partial charge in [-0.2, -0.15) is 11.8 Å². The zero-order chi connectivity index (χ0) is 11.0. The molecule has 0 fully saturated rings. The molecule has 0 rings (SSSR count). The molecule has 0 aliphatic rings. The fraction of sp³-hybridized carbons (Fsp3) is 0.750. The van der Waals surface area contributed by atoms with Crippen molar-refractivity contribution < 1.29 is 9.59 Å². The van der Waals surface area contributed by atoms with Crippen LogP contribution in [-0.4, -0.2) is 49.2 Å². The number of amides is 1. The van der Waals surface area contributed by atoms with E-state index in [2.05, 4.69) is 10.6 Å². The van der Waals surface area contributed by atoms with Crippen molar-refractivity contribution in [2.75, 3.05) is 31.5 Å². The fourth-order valence-corrected chi connectivity index (χ4v) is 1.67. The summed E-state index contributed by atoms with van der Waals surface area (Å²) in [6.07, 6.45) is 1.87. The molecule has 0 saturated heterocycles. The summed E-state index contributed by atoms with van der Waals surface area (Å²) in [6, 6.07) is -0.469. The zero-order valence-electron chi connectivity index (χ0n) is 8.30. The Labute approximate surface area is 93.1 Å². The van der Waals surface area contributed by atoms with Gasteiger partial charge in [-0.3, -0.25) is 9.59 Å². The summed E-state index contributed by atoms with van der Waals surface area (Å²) in [6.45, 7) is 0.209. The maximum atomic E-state index is 11.3. The van der Waals surface area contributed by atoms with Crippen molar-refractivity contribution >= 4 is 35.1 Å². The van der Waals surface area contributed by atoms with E-state index in [4.69, 9.17) is 11.6 Å². The average Bonchev–Trinajstić information content (AvgIpc) is 2.16. The summed E-state index contributed by atoms with van der Waals surface area (Å²) in [7, 11) is 1.67. The van der Waals surface area contributed by atoms with E-state index in [9.17, 15) is 9.59 Å². The summed E-state index contributed by atoms with van der Waals surface area (Å²) in [5.74, 6) is 0.155. The predicted octanol–water partition coefficient (Wildman–Crippen LogP) is -0.138. The molecule has 82 valence electrons. The van der Waals surface area contributed by atoms with Crippen LogP contribution in [0.3, 0.4) is 0 Å². The quantitative estimate of drug-likeness (QED) is 0.607. The van der Waals surface area contributed by atoms with Gasteiger partial charge in [0.2, 0.25) is 5.91 Å². The first kappa shape index (κ1) is 13.7. The second-order valence-electron chi connectivity index (χ2n) is 2.71. The van der Waals surface area contributed by atoms with Gasteiger partial charge in [0.1, 0.15) is 0 Å². The van der Waals surface area contributed by atoms with Gasteiger partial charge in [0.15, 0.2) is 5.78 Å². The molecule has 4 nitrogen and oxygen atoms in total. The molecule has 0 aromatic rings. The van der Waals surface area contributed by atoms with Gasteiger partial charge < -0.3 is 10.6 Å². The maximum absolute atomic E-state index is 11.3. The van der Waals surface area contributed by atoms with Gasteiger partial charge >= 0.3 is 0 Å². The van der Waals surface area contributed by atoms with Gasteiger partial charge in [-0.05, 0) is 13.3 Å². The fourth-order valence-electron chi connectivity index (χ4n) is 0.881. The largest absolute Gasteiger partial charge is 0.344 e. The lowest BCUT2D eigenvalue weighted by Crippen LogP contribution is -2.46. The molecule has 0 bridgehead atoms. The van der Waals surface area contributed by atoms with Crippen molar-refractivity contribution in [2.45, 2.75) is 6.04 Å². The van der Waals surface area contributed by atoms with Crippen molar-refractivity contribution in [2.24, 2.45) is 0 Å². The first-order chi connectivity index (χ1) is 6.65. The molecular formula is C8H15ClN2O2S. The van der Waals surface area contributed by atoms with Crippen molar-refractivity contribution in [3.63, 3.8) is 0 Å². The minimum atomic E-state index is -0.469. The molecule has 0 aromatic carbocycles. The highest BCUT2D eigenvalue weighted by Crippen LogP contribution is 1.99. The number of alkyl halides is 1. The van der Waals surface area contributed by atoms with Crippen LogP contribution in [0.2, 0.25) is 0 Å². The van der Waals surface area contributed by atoms with Crippen LogP contribution >= 0.6 is 23.4 Å². The summed E-state index contributed by atoms with van der Waals surface area (Å²) in [5, 5.41) is 5.32. The number of thioether (sulfide) groups is 1. The third-order valence-corrected chi connectivity index (χ3v) is 2.46. The van der Waals surface area contributed by atoms with Crippen LogP contribution in [0.5, 0.6) is 0 Å². The second kappa shape index (κ2) is 8.08. The van der Waals surface area contributed by atoms with Crippen molar-refractivity contribution in [1.29, 1.82) is 0 Å². The van der Waals surface area contributed by atoms with Gasteiger partial charge in [-0.25, -0.2) is 0 Å². The van der Waals surface area contributed by atoms with E-state index in [0.29, 0.717) is 5.75 Å². The number of carbonyl (C=O) groups is 2. The Morgan fingerprint density at radius 1 is 1.50 bits per heavy atom. The molecular weight excluding hydrogens is 224 g/mol. The summed E-state index contributed by atoms with van der Waals surface area (Å²) in [5.41, 5.74) is 0. The maximum Gasteiger partial charge on any atom is 0.234 e. The van der Waals surface area contributed by atoms with Gasteiger partial charge in [0.25, 0.3) is 0 Å². The van der Waals surface area contributed by atoms with Crippen LogP contribution < -0.4 is 10.6 Å². The van der Waals surface area contributed by atoms with Crippen molar-refractivity contribution in [1.82, 2.24) is 10.6 Å². The zero-order valence-corrected chi connectivity index (χ0v) is 9.87. The summed E-state index contributed by atoms with van der Waals surface area (Å²) >= 11 is 6.92. The summed E-state index contributed by atoms with van der Waals surface area (Å²) in [4.78, 5) is 22.4. The number of ketones is 1. The van der Waals surface area contributed by atoms with E-state index < -0.39 is 6.04 Å². The smallest absolute Gasteiger partial charge is 0.234 e. The highest BCUT2D eigenvalue weighted by Gasteiger charge is 2.18. The topological polar surface area (TPSA) is 58.2 Å². The van der Waals surface area contributed by atoms with Gasteiger partial charge in [0, 0.05) is 5.75 Å². The molecule has 1 atom stereocenters. The normalized spacial score (nSPS) is 12.2. The Bertz CT molecular complexity index is 202. The molecule has 0 aliphatic carbocycles. The third kappa shape index (κ3) is 5.47. The number of likely N-dealkylation sites (N-methyl/N-ethyl adjacent to an activating group) is 1. The van der Waals surface area contributed by atoms with Crippen LogP contribution in [0.15, 0.2) is 0 Å². The Morgan fingerprint density at radius 2 is 2.14 bits per heavy atom.